The molecule has 0 aromatic heterocycles. The van der Waals surface area contributed by atoms with Crippen LogP contribution in [0, 0.1) is 0 Å². The second-order valence-electron chi connectivity index (χ2n) is 5.13. The molecule has 2 aromatic rings. The maximum absolute atomic E-state index is 12.2. The van der Waals surface area contributed by atoms with E-state index in [0.29, 0.717) is 12.8 Å². The summed E-state index contributed by atoms with van der Waals surface area (Å²) < 4.78 is 0. The summed E-state index contributed by atoms with van der Waals surface area (Å²) >= 11 is 0. The summed E-state index contributed by atoms with van der Waals surface area (Å²) in [6, 6.07) is 19.1. The van der Waals surface area contributed by atoms with Crippen molar-refractivity contribution in [1.29, 1.82) is 0 Å². The van der Waals surface area contributed by atoms with Crippen LogP contribution in [-0.2, 0) is 9.59 Å². The number of hydrogen-bond acceptors (Lipinski definition) is 2. The highest BCUT2D eigenvalue weighted by Crippen LogP contribution is 2.24. The lowest BCUT2D eigenvalue weighted by Crippen LogP contribution is -2.17. The third-order valence-corrected chi connectivity index (χ3v) is 3.29. The van der Waals surface area contributed by atoms with Gasteiger partial charge in [0.15, 0.2) is 0 Å². The Morgan fingerprint density at radius 2 is 1.48 bits per heavy atom. The molecular formula is C18H19NO2. The second kappa shape index (κ2) is 7.39. The molecule has 0 aliphatic rings. The van der Waals surface area contributed by atoms with Crippen molar-refractivity contribution in [3.63, 3.8) is 0 Å². The van der Waals surface area contributed by atoms with Gasteiger partial charge in [-0.15, -0.1) is 0 Å². The summed E-state index contributed by atoms with van der Waals surface area (Å²) in [6.07, 6.45) is 0.685. The van der Waals surface area contributed by atoms with Gasteiger partial charge in [0, 0.05) is 18.5 Å². The molecule has 1 unspecified atom stereocenters. The minimum absolute atomic E-state index is 0.0729. The zero-order valence-corrected chi connectivity index (χ0v) is 12.1. The molecule has 2 aromatic carbocycles. The topological polar surface area (TPSA) is 46.2 Å². The predicted molar refractivity (Wildman–Crippen MR) is 84.2 cm³/mol. The maximum atomic E-state index is 12.2. The molecule has 3 nitrogen and oxygen atoms in total. The van der Waals surface area contributed by atoms with Crippen LogP contribution < -0.4 is 5.32 Å². The van der Waals surface area contributed by atoms with Crippen molar-refractivity contribution < 1.29 is 9.59 Å². The molecule has 0 aliphatic carbocycles. The third-order valence-electron chi connectivity index (χ3n) is 3.29. The van der Waals surface area contributed by atoms with Crippen LogP contribution in [0.2, 0.25) is 0 Å². The lowest BCUT2D eigenvalue weighted by molar-refractivity contribution is -0.118. The largest absolute Gasteiger partial charge is 0.326 e. The smallest absolute Gasteiger partial charge is 0.224 e. The molecule has 0 aliphatic heterocycles. The van der Waals surface area contributed by atoms with Crippen molar-refractivity contribution in [3.05, 3.63) is 66.2 Å². The van der Waals surface area contributed by atoms with Crippen LogP contribution in [0.4, 0.5) is 5.69 Å². The molecule has 2 rings (SSSR count). The van der Waals surface area contributed by atoms with Gasteiger partial charge in [0.05, 0.1) is 0 Å². The molecule has 0 bridgehead atoms. The fourth-order valence-corrected chi connectivity index (χ4v) is 2.34. The highest BCUT2D eigenvalue weighted by molar-refractivity contribution is 5.91. The van der Waals surface area contributed by atoms with Crippen molar-refractivity contribution >= 4 is 17.4 Å². The highest BCUT2D eigenvalue weighted by atomic mass is 16.1. The molecule has 0 saturated heterocycles. The van der Waals surface area contributed by atoms with Crippen molar-refractivity contribution in [2.24, 2.45) is 0 Å². The van der Waals surface area contributed by atoms with Gasteiger partial charge in [-0.1, -0.05) is 48.5 Å². The molecule has 108 valence electrons. The van der Waals surface area contributed by atoms with Crippen molar-refractivity contribution in [1.82, 2.24) is 0 Å². The van der Waals surface area contributed by atoms with E-state index in [-0.39, 0.29) is 17.6 Å². The Kier molecular flexibility index (Phi) is 5.27. The molecule has 1 amide bonds. The van der Waals surface area contributed by atoms with Crippen molar-refractivity contribution in [2.45, 2.75) is 25.7 Å². The van der Waals surface area contributed by atoms with Gasteiger partial charge in [0.2, 0.25) is 5.91 Å². The van der Waals surface area contributed by atoms with Crippen LogP contribution in [0.15, 0.2) is 60.7 Å². The van der Waals surface area contributed by atoms with E-state index in [0.717, 1.165) is 11.3 Å². The van der Waals surface area contributed by atoms with Gasteiger partial charge >= 0.3 is 0 Å². The molecule has 1 atom stereocenters. The number of nitrogens with one attached hydrogen (secondary N) is 1. The van der Waals surface area contributed by atoms with E-state index < -0.39 is 0 Å². The fourth-order valence-electron chi connectivity index (χ4n) is 2.34. The number of carbonyl (C=O) groups excluding carboxylic acids is 2. The van der Waals surface area contributed by atoms with Gasteiger partial charge < -0.3 is 10.1 Å². The van der Waals surface area contributed by atoms with E-state index in [1.807, 2.05) is 60.7 Å². The van der Waals surface area contributed by atoms with Gasteiger partial charge in [-0.2, -0.15) is 0 Å². The number of Topliss-reactive ketones (excluding diaryl/α,β-unsaturated/α-hetero) is 1. The first-order valence-electron chi connectivity index (χ1n) is 7.04. The fraction of sp³-hybridized carbons (Fsp3) is 0.222. The third kappa shape index (κ3) is 4.88. The van der Waals surface area contributed by atoms with E-state index in [9.17, 15) is 9.59 Å². The Labute approximate surface area is 125 Å². The SMILES string of the molecule is CC(=O)CC(CC(=O)Nc1ccccc1)c1ccccc1. The zero-order valence-electron chi connectivity index (χ0n) is 12.1. The average Bonchev–Trinajstić information content (AvgIpc) is 2.48. The Bertz CT molecular complexity index is 593. The molecule has 0 fully saturated rings. The molecule has 1 N–H and O–H groups in total. The van der Waals surface area contributed by atoms with Gasteiger partial charge in [0.1, 0.15) is 5.78 Å². The van der Waals surface area contributed by atoms with Crippen molar-refractivity contribution in [3.8, 4) is 0 Å². The molecule has 0 spiro atoms. The molecule has 0 saturated carbocycles. The summed E-state index contributed by atoms with van der Waals surface area (Å²) in [4.78, 5) is 23.6. The summed E-state index contributed by atoms with van der Waals surface area (Å²) in [5.41, 5.74) is 1.80. The van der Waals surface area contributed by atoms with Crippen LogP contribution in [0.5, 0.6) is 0 Å². The highest BCUT2D eigenvalue weighted by Gasteiger charge is 2.17. The lowest BCUT2D eigenvalue weighted by atomic mass is 9.91. The standard InChI is InChI=1S/C18H19NO2/c1-14(20)12-16(15-8-4-2-5-9-15)13-18(21)19-17-10-6-3-7-11-17/h2-11,16H,12-13H2,1H3,(H,19,21). The number of ketones is 1. The van der Waals surface area contributed by atoms with Crippen LogP contribution in [0.3, 0.4) is 0 Å². The van der Waals surface area contributed by atoms with E-state index in [1.165, 1.54) is 0 Å². The van der Waals surface area contributed by atoms with Crippen molar-refractivity contribution in [2.75, 3.05) is 5.32 Å². The van der Waals surface area contributed by atoms with E-state index in [2.05, 4.69) is 5.32 Å². The maximum Gasteiger partial charge on any atom is 0.224 e. The minimum atomic E-state index is -0.0765. The number of benzene rings is 2. The van der Waals surface area contributed by atoms with Gasteiger partial charge in [-0.25, -0.2) is 0 Å². The molecular weight excluding hydrogens is 262 g/mol. The number of para-hydroxylation sites is 1. The molecule has 0 radical (unpaired) electrons. The zero-order chi connectivity index (χ0) is 15.1. The van der Waals surface area contributed by atoms with Gasteiger partial charge in [0.25, 0.3) is 0 Å². The summed E-state index contributed by atoms with van der Waals surface area (Å²) in [7, 11) is 0. The number of amides is 1. The molecule has 21 heavy (non-hydrogen) atoms. The van der Waals surface area contributed by atoms with Gasteiger partial charge in [-0.3, -0.25) is 4.79 Å². The van der Waals surface area contributed by atoms with E-state index in [1.54, 1.807) is 6.92 Å². The first kappa shape index (κ1) is 15.0. The summed E-state index contributed by atoms with van der Waals surface area (Å²) in [6.45, 7) is 1.56. The van der Waals surface area contributed by atoms with Crippen LogP contribution in [-0.4, -0.2) is 11.7 Å². The Morgan fingerprint density at radius 3 is 2.05 bits per heavy atom. The first-order chi connectivity index (χ1) is 10.1. The van der Waals surface area contributed by atoms with E-state index >= 15 is 0 Å². The normalized spacial score (nSPS) is 11.7. The van der Waals surface area contributed by atoms with Crippen LogP contribution in [0.25, 0.3) is 0 Å². The Morgan fingerprint density at radius 1 is 0.905 bits per heavy atom. The second-order valence-corrected chi connectivity index (χ2v) is 5.13. The number of anilines is 1. The lowest BCUT2D eigenvalue weighted by Gasteiger charge is -2.15. The van der Waals surface area contributed by atoms with E-state index in [4.69, 9.17) is 0 Å². The Balaban J connectivity index is 2.05. The Hall–Kier alpha value is -2.42. The quantitative estimate of drug-likeness (QED) is 0.876. The number of hydrogen-bond donors (Lipinski definition) is 1. The number of rotatable bonds is 6. The molecule has 3 heteroatoms. The number of carbonyl (C=O) groups is 2. The predicted octanol–water partition coefficient (Wildman–Crippen LogP) is 3.78. The minimum Gasteiger partial charge on any atom is -0.326 e. The van der Waals surface area contributed by atoms with Gasteiger partial charge in [-0.05, 0) is 30.5 Å². The monoisotopic (exact) mass is 281 g/mol. The van der Waals surface area contributed by atoms with Crippen LogP contribution >= 0.6 is 0 Å². The molecule has 0 heterocycles. The first-order valence-corrected chi connectivity index (χ1v) is 7.04. The summed E-state index contributed by atoms with van der Waals surface area (Å²) in [5, 5.41) is 2.87. The summed E-state index contributed by atoms with van der Waals surface area (Å²) in [5.74, 6) is -0.0555. The average molecular weight is 281 g/mol. The van der Waals surface area contributed by atoms with Crippen LogP contribution in [0.1, 0.15) is 31.2 Å².